The summed E-state index contributed by atoms with van der Waals surface area (Å²) in [6.07, 6.45) is 6.55. The summed E-state index contributed by atoms with van der Waals surface area (Å²) in [7, 11) is 1.63. The van der Waals surface area contributed by atoms with Crippen molar-refractivity contribution in [1.29, 1.82) is 0 Å². The molecule has 1 amide bonds. The van der Waals surface area contributed by atoms with Crippen molar-refractivity contribution in [3.8, 4) is 11.3 Å². The number of aromatic nitrogens is 3. The molecule has 1 unspecified atom stereocenters. The Kier molecular flexibility index (Phi) is 5.36. The third kappa shape index (κ3) is 5.00. The van der Waals surface area contributed by atoms with E-state index in [0.717, 1.165) is 5.56 Å². The number of nitrogens with zero attached hydrogens (tertiary/aromatic N) is 3. The molecule has 2 rings (SSSR count). The molecule has 2 aromatic heterocycles. The number of hydrogen-bond acceptors (Lipinski definition) is 4. The highest BCUT2D eigenvalue weighted by Gasteiger charge is 2.21. The van der Waals surface area contributed by atoms with Crippen LogP contribution in [0.1, 0.15) is 31.3 Å². The number of rotatable bonds is 5. The first-order valence-electron chi connectivity index (χ1n) is 7.85. The van der Waals surface area contributed by atoms with Crippen LogP contribution in [0.15, 0.2) is 42.7 Å². The van der Waals surface area contributed by atoms with Crippen molar-refractivity contribution in [2.24, 2.45) is 12.5 Å². The van der Waals surface area contributed by atoms with Crippen molar-refractivity contribution in [1.82, 2.24) is 20.1 Å². The number of carboxylic acid groups (broad SMARTS) is 1. The molecule has 2 aromatic rings. The largest absolute Gasteiger partial charge is 0.479 e. The van der Waals surface area contributed by atoms with Gasteiger partial charge in [-0.3, -0.25) is 14.5 Å². The number of carboxylic acids is 1. The van der Waals surface area contributed by atoms with Gasteiger partial charge in [0.1, 0.15) is 11.7 Å². The van der Waals surface area contributed by atoms with Crippen LogP contribution in [0, 0.1) is 5.41 Å². The number of pyridine rings is 1. The summed E-state index contributed by atoms with van der Waals surface area (Å²) in [4.78, 5) is 27.9. The monoisotopic (exact) mass is 342 g/mol. The van der Waals surface area contributed by atoms with Gasteiger partial charge in [0.15, 0.2) is 0 Å². The first kappa shape index (κ1) is 18.4. The lowest BCUT2D eigenvalue weighted by molar-refractivity contribution is -0.137. The van der Waals surface area contributed by atoms with Crippen LogP contribution in [-0.2, 0) is 11.8 Å². The quantitative estimate of drug-likeness (QED) is 0.813. The van der Waals surface area contributed by atoms with Gasteiger partial charge in [0.05, 0.1) is 5.69 Å². The summed E-state index contributed by atoms with van der Waals surface area (Å²) in [5, 5.41) is 16.1. The van der Waals surface area contributed by atoms with Gasteiger partial charge >= 0.3 is 5.97 Å². The lowest BCUT2D eigenvalue weighted by Crippen LogP contribution is -2.40. The first-order chi connectivity index (χ1) is 11.7. The van der Waals surface area contributed by atoms with Gasteiger partial charge in [0, 0.05) is 25.0 Å². The van der Waals surface area contributed by atoms with E-state index < -0.39 is 17.9 Å². The Bertz CT molecular complexity index is 788. The standard InChI is InChI=1S/C18H22N4O3/c1-18(2,3)8-7-13(17(24)25)20-16(23)15-10-14(21-22(15)4)12-6-5-9-19-11-12/h5-11,13H,1-4H3,(H,20,23)(H,24,25)/b8-7+. The highest BCUT2D eigenvalue weighted by molar-refractivity contribution is 5.96. The number of carbonyl (C=O) groups is 2. The summed E-state index contributed by atoms with van der Waals surface area (Å²) >= 11 is 0. The molecule has 0 saturated carbocycles. The molecule has 2 N–H and O–H groups in total. The zero-order chi connectivity index (χ0) is 18.6. The molecule has 7 heteroatoms. The summed E-state index contributed by atoms with van der Waals surface area (Å²) in [5.41, 5.74) is 1.46. The van der Waals surface area contributed by atoms with Gasteiger partial charge in [0.25, 0.3) is 5.91 Å². The number of hydrogen-bond donors (Lipinski definition) is 2. The Hall–Kier alpha value is -2.96. The molecule has 25 heavy (non-hydrogen) atoms. The fourth-order valence-corrected chi connectivity index (χ4v) is 2.13. The van der Waals surface area contributed by atoms with Crippen LogP contribution in [0.4, 0.5) is 0 Å². The van der Waals surface area contributed by atoms with E-state index in [9.17, 15) is 14.7 Å². The smallest absolute Gasteiger partial charge is 0.330 e. The fraction of sp³-hybridized carbons (Fsp3) is 0.333. The third-order valence-electron chi connectivity index (χ3n) is 3.41. The van der Waals surface area contributed by atoms with E-state index in [-0.39, 0.29) is 11.1 Å². The van der Waals surface area contributed by atoms with Crippen LogP contribution in [-0.4, -0.2) is 37.8 Å². The molecule has 1 atom stereocenters. The summed E-state index contributed by atoms with van der Waals surface area (Å²) in [5.74, 6) is -1.63. The molecule has 7 nitrogen and oxygen atoms in total. The molecule has 0 aromatic carbocycles. The van der Waals surface area contributed by atoms with Crippen LogP contribution >= 0.6 is 0 Å². The number of aliphatic carboxylic acids is 1. The predicted molar refractivity (Wildman–Crippen MR) is 93.9 cm³/mol. The van der Waals surface area contributed by atoms with Crippen molar-refractivity contribution < 1.29 is 14.7 Å². The lowest BCUT2D eigenvalue weighted by atomic mass is 9.95. The average Bonchev–Trinajstić information content (AvgIpc) is 2.93. The lowest BCUT2D eigenvalue weighted by Gasteiger charge is -2.15. The molecule has 0 saturated heterocycles. The van der Waals surface area contributed by atoms with Crippen molar-refractivity contribution in [2.45, 2.75) is 26.8 Å². The number of allylic oxidation sites excluding steroid dienone is 1. The van der Waals surface area contributed by atoms with Crippen LogP contribution in [0.25, 0.3) is 11.3 Å². The first-order valence-corrected chi connectivity index (χ1v) is 7.85. The molecule has 132 valence electrons. The summed E-state index contributed by atoms with van der Waals surface area (Å²) in [6.45, 7) is 5.85. The third-order valence-corrected chi connectivity index (χ3v) is 3.41. The Morgan fingerprint density at radius 3 is 2.64 bits per heavy atom. The van der Waals surface area contributed by atoms with Gasteiger partial charge in [-0.2, -0.15) is 5.10 Å². The van der Waals surface area contributed by atoms with E-state index in [4.69, 9.17) is 0 Å². The second-order valence-corrected chi connectivity index (χ2v) is 6.79. The molecule has 0 aliphatic rings. The number of amides is 1. The zero-order valence-electron chi connectivity index (χ0n) is 14.7. The molecule has 0 fully saturated rings. The van der Waals surface area contributed by atoms with Crippen molar-refractivity contribution in [3.63, 3.8) is 0 Å². The highest BCUT2D eigenvalue weighted by atomic mass is 16.4. The topological polar surface area (TPSA) is 97.1 Å². The van der Waals surface area contributed by atoms with Gasteiger partial charge in [-0.25, -0.2) is 4.79 Å². The Morgan fingerprint density at radius 2 is 2.08 bits per heavy atom. The highest BCUT2D eigenvalue weighted by Crippen LogP contribution is 2.18. The maximum absolute atomic E-state index is 12.5. The van der Waals surface area contributed by atoms with Crippen molar-refractivity contribution >= 4 is 11.9 Å². The van der Waals surface area contributed by atoms with Gasteiger partial charge in [-0.15, -0.1) is 0 Å². The van der Waals surface area contributed by atoms with Gasteiger partial charge in [-0.1, -0.05) is 32.9 Å². The molecule has 2 heterocycles. The van der Waals surface area contributed by atoms with Gasteiger partial charge in [-0.05, 0) is 23.6 Å². The molecule has 0 radical (unpaired) electrons. The normalized spacial score (nSPS) is 13.0. The number of carbonyl (C=O) groups excluding carboxylic acids is 1. The fourth-order valence-electron chi connectivity index (χ4n) is 2.13. The second-order valence-electron chi connectivity index (χ2n) is 6.79. The summed E-state index contributed by atoms with van der Waals surface area (Å²) < 4.78 is 1.42. The Balaban J connectivity index is 2.21. The number of aryl methyl sites for hydroxylation is 1. The molecule has 0 aliphatic heterocycles. The van der Waals surface area contributed by atoms with Crippen molar-refractivity contribution in [2.75, 3.05) is 0 Å². The Labute approximate surface area is 146 Å². The summed E-state index contributed by atoms with van der Waals surface area (Å²) in [6, 6.07) is 4.12. The maximum atomic E-state index is 12.5. The van der Waals surface area contributed by atoms with E-state index in [1.165, 1.54) is 10.8 Å². The van der Waals surface area contributed by atoms with Gasteiger partial charge < -0.3 is 10.4 Å². The Morgan fingerprint density at radius 1 is 1.36 bits per heavy atom. The van der Waals surface area contributed by atoms with Crippen LogP contribution in [0.2, 0.25) is 0 Å². The van der Waals surface area contributed by atoms with E-state index in [0.29, 0.717) is 5.69 Å². The minimum Gasteiger partial charge on any atom is -0.479 e. The average molecular weight is 342 g/mol. The van der Waals surface area contributed by atoms with E-state index >= 15 is 0 Å². The minimum atomic E-state index is -1.12. The van der Waals surface area contributed by atoms with Crippen molar-refractivity contribution in [3.05, 3.63) is 48.4 Å². The SMILES string of the molecule is Cn1nc(-c2cccnc2)cc1C(=O)NC(/C=C/C(C)(C)C)C(=O)O. The molecule has 0 bridgehead atoms. The van der Waals surface area contributed by atoms with E-state index in [1.54, 1.807) is 37.7 Å². The van der Waals surface area contributed by atoms with Crippen LogP contribution < -0.4 is 5.32 Å². The van der Waals surface area contributed by atoms with E-state index in [2.05, 4.69) is 15.4 Å². The molecular weight excluding hydrogens is 320 g/mol. The van der Waals surface area contributed by atoms with Crippen LogP contribution in [0.3, 0.4) is 0 Å². The molecule has 0 aliphatic carbocycles. The van der Waals surface area contributed by atoms with E-state index in [1.807, 2.05) is 26.8 Å². The van der Waals surface area contributed by atoms with Gasteiger partial charge in [0.2, 0.25) is 0 Å². The minimum absolute atomic E-state index is 0.182. The zero-order valence-corrected chi connectivity index (χ0v) is 14.7. The maximum Gasteiger partial charge on any atom is 0.330 e. The second kappa shape index (κ2) is 7.29. The molecule has 0 spiro atoms. The van der Waals surface area contributed by atoms with Crippen LogP contribution in [0.5, 0.6) is 0 Å². The number of nitrogens with one attached hydrogen (secondary N) is 1. The molecular formula is C18H22N4O3. The predicted octanol–water partition coefficient (Wildman–Crippen LogP) is 2.27.